The number of rotatable bonds is 5. The lowest BCUT2D eigenvalue weighted by Crippen LogP contribution is -2.29. The van der Waals surface area contributed by atoms with Crippen LogP contribution in [-0.2, 0) is 6.42 Å². The predicted molar refractivity (Wildman–Crippen MR) is 73.2 cm³/mol. The molecule has 0 aliphatic rings. The minimum atomic E-state index is -0.0669. The van der Waals surface area contributed by atoms with Gasteiger partial charge in [-0.1, -0.05) is 12.1 Å². The lowest BCUT2D eigenvalue weighted by Gasteiger charge is -2.14. The molecule has 18 heavy (non-hydrogen) atoms. The zero-order valence-corrected chi connectivity index (χ0v) is 11.6. The summed E-state index contributed by atoms with van der Waals surface area (Å²) >= 11 is 3.43. The first-order valence-corrected chi connectivity index (χ1v) is 6.36. The Morgan fingerprint density at radius 2 is 2.06 bits per heavy atom. The van der Waals surface area contributed by atoms with Crippen molar-refractivity contribution in [3.05, 3.63) is 52.4 Å². The first-order chi connectivity index (χ1) is 8.74. The predicted octanol–water partition coefficient (Wildman–Crippen LogP) is 2.80. The summed E-state index contributed by atoms with van der Waals surface area (Å²) in [5.41, 5.74) is 3.92. The Bertz CT molecular complexity index is 496. The highest BCUT2D eigenvalue weighted by Crippen LogP contribution is 2.27. The van der Waals surface area contributed by atoms with Crippen LogP contribution in [0.4, 0.5) is 0 Å². The van der Waals surface area contributed by atoms with Gasteiger partial charge < -0.3 is 9.15 Å². The summed E-state index contributed by atoms with van der Waals surface area (Å²) < 4.78 is 11.5. The maximum absolute atomic E-state index is 5.58. The molecule has 2 aromatic rings. The third-order valence-corrected chi connectivity index (χ3v) is 3.42. The molecule has 0 saturated carbocycles. The average Bonchev–Trinajstić information content (AvgIpc) is 2.83. The van der Waals surface area contributed by atoms with Crippen molar-refractivity contribution in [1.29, 1.82) is 0 Å². The van der Waals surface area contributed by atoms with Gasteiger partial charge in [-0.15, -0.1) is 0 Å². The number of nitrogens with one attached hydrogen (secondary N) is 1. The van der Waals surface area contributed by atoms with Crippen molar-refractivity contribution in [2.45, 2.75) is 12.5 Å². The van der Waals surface area contributed by atoms with Gasteiger partial charge in [-0.25, -0.2) is 5.43 Å². The van der Waals surface area contributed by atoms with Gasteiger partial charge in [0.05, 0.1) is 23.9 Å². The van der Waals surface area contributed by atoms with E-state index in [4.69, 9.17) is 15.0 Å². The van der Waals surface area contributed by atoms with Crippen LogP contribution in [0.15, 0.2) is 45.5 Å². The maximum Gasteiger partial charge on any atom is 0.136 e. The Labute approximate surface area is 114 Å². The molecule has 1 aromatic heterocycles. The highest BCUT2D eigenvalue weighted by molar-refractivity contribution is 9.10. The second-order valence-electron chi connectivity index (χ2n) is 3.90. The highest BCUT2D eigenvalue weighted by atomic mass is 79.9. The van der Waals surface area contributed by atoms with Gasteiger partial charge in [0.15, 0.2) is 0 Å². The van der Waals surface area contributed by atoms with Crippen LogP contribution in [-0.4, -0.2) is 7.11 Å². The summed E-state index contributed by atoms with van der Waals surface area (Å²) in [6.45, 7) is 0. The van der Waals surface area contributed by atoms with E-state index in [0.717, 1.165) is 28.0 Å². The van der Waals surface area contributed by atoms with Gasteiger partial charge in [-0.05, 0) is 46.1 Å². The molecule has 0 bridgehead atoms. The van der Waals surface area contributed by atoms with Crippen LogP contribution in [0.2, 0.25) is 0 Å². The van der Waals surface area contributed by atoms with Crippen LogP contribution in [0, 0.1) is 0 Å². The van der Waals surface area contributed by atoms with Crippen molar-refractivity contribution in [2.75, 3.05) is 7.11 Å². The number of halogens is 1. The molecule has 1 atom stereocenters. The minimum Gasteiger partial charge on any atom is -0.497 e. The molecule has 3 N–H and O–H groups in total. The standard InChI is InChI=1S/C13H15BrN2O2/c1-17-10-4-2-9(3-5-10)8-12(16-15)13-11(14)6-7-18-13/h2-7,12,16H,8,15H2,1H3. The molecule has 0 fully saturated rings. The number of hydrogen-bond donors (Lipinski definition) is 2. The molecular weight excluding hydrogens is 296 g/mol. The molecule has 0 aliphatic carbocycles. The van der Waals surface area contributed by atoms with Crippen molar-refractivity contribution >= 4 is 15.9 Å². The van der Waals surface area contributed by atoms with E-state index in [1.807, 2.05) is 30.3 Å². The van der Waals surface area contributed by atoms with E-state index in [-0.39, 0.29) is 6.04 Å². The van der Waals surface area contributed by atoms with Crippen LogP contribution in [0.5, 0.6) is 5.75 Å². The molecule has 5 heteroatoms. The third-order valence-electron chi connectivity index (χ3n) is 2.76. The molecule has 1 heterocycles. The average molecular weight is 311 g/mol. The number of benzene rings is 1. The lowest BCUT2D eigenvalue weighted by atomic mass is 10.0. The molecular formula is C13H15BrN2O2. The molecule has 0 saturated heterocycles. The van der Waals surface area contributed by atoms with Gasteiger partial charge in [0.2, 0.25) is 0 Å². The monoisotopic (exact) mass is 310 g/mol. The Morgan fingerprint density at radius 3 is 2.56 bits per heavy atom. The molecule has 2 rings (SSSR count). The highest BCUT2D eigenvalue weighted by Gasteiger charge is 2.17. The largest absolute Gasteiger partial charge is 0.497 e. The lowest BCUT2D eigenvalue weighted by molar-refractivity contribution is 0.410. The zero-order valence-electron chi connectivity index (χ0n) is 10.0. The SMILES string of the molecule is COc1ccc(CC(NN)c2occc2Br)cc1. The molecule has 4 nitrogen and oxygen atoms in total. The minimum absolute atomic E-state index is 0.0669. The van der Waals surface area contributed by atoms with Crippen molar-refractivity contribution in [3.8, 4) is 5.75 Å². The smallest absolute Gasteiger partial charge is 0.136 e. The molecule has 96 valence electrons. The van der Waals surface area contributed by atoms with E-state index in [0.29, 0.717) is 0 Å². The summed E-state index contributed by atoms with van der Waals surface area (Å²) in [5.74, 6) is 7.22. The van der Waals surface area contributed by atoms with E-state index in [2.05, 4.69) is 21.4 Å². The van der Waals surface area contributed by atoms with Gasteiger partial charge in [0.25, 0.3) is 0 Å². The second kappa shape index (κ2) is 6.04. The molecule has 0 aliphatic heterocycles. The fraction of sp³-hybridized carbons (Fsp3) is 0.231. The molecule has 1 unspecified atom stereocenters. The maximum atomic E-state index is 5.58. The van der Waals surface area contributed by atoms with E-state index in [9.17, 15) is 0 Å². The van der Waals surface area contributed by atoms with Gasteiger partial charge in [0.1, 0.15) is 11.5 Å². The fourth-order valence-corrected chi connectivity index (χ4v) is 2.26. The van der Waals surface area contributed by atoms with E-state index >= 15 is 0 Å². The van der Waals surface area contributed by atoms with Crippen molar-refractivity contribution in [1.82, 2.24) is 5.43 Å². The number of methoxy groups -OCH3 is 1. The quantitative estimate of drug-likeness (QED) is 0.658. The normalized spacial score (nSPS) is 12.4. The van der Waals surface area contributed by atoms with Gasteiger partial charge in [-0.2, -0.15) is 0 Å². The van der Waals surface area contributed by atoms with Gasteiger partial charge in [-0.3, -0.25) is 5.84 Å². The number of ether oxygens (including phenoxy) is 1. The number of hydrogen-bond acceptors (Lipinski definition) is 4. The summed E-state index contributed by atoms with van der Waals surface area (Å²) in [6, 6.07) is 9.68. The number of hydrazine groups is 1. The Balaban J connectivity index is 2.13. The first kappa shape index (κ1) is 13.1. The van der Waals surface area contributed by atoms with E-state index in [1.165, 1.54) is 0 Å². The van der Waals surface area contributed by atoms with Crippen LogP contribution in [0.3, 0.4) is 0 Å². The fourth-order valence-electron chi connectivity index (χ4n) is 1.78. The second-order valence-corrected chi connectivity index (χ2v) is 4.76. The summed E-state index contributed by atoms with van der Waals surface area (Å²) in [6.07, 6.45) is 2.38. The number of furan rings is 1. The van der Waals surface area contributed by atoms with Crippen molar-refractivity contribution < 1.29 is 9.15 Å². The van der Waals surface area contributed by atoms with Gasteiger partial charge in [0, 0.05) is 0 Å². The summed E-state index contributed by atoms with van der Waals surface area (Å²) in [5, 5.41) is 0. The Hall–Kier alpha value is -1.30. The van der Waals surface area contributed by atoms with Crippen LogP contribution >= 0.6 is 15.9 Å². The van der Waals surface area contributed by atoms with Crippen molar-refractivity contribution in [3.63, 3.8) is 0 Å². The van der Waals surface area contributed by atoms with Gasteiger partial charge >= 0.3 is 0 Å². The van der Waals surface area contributed by atoms with Crippen LogP contribution in [0.1, 0.15) is 17.4 Å². The molecule has 0 radical (unpaired) electrons. The number of nitrogens with two attached hydrogens (primary N) is 1. The topological polar surface area (TPSA) is 60.4 Å². The van der Waals surface area contributed by atoms with Crippen molar-refractivity contribution in [2.24, 2.45) is 5.84 Å². The summed E-state index contributed by atoms with van der Waals surface area (Å²) in [7, 11) is 1.65. The van der Waals surface area contributed by atoms with Crippen LogP contribution in [0.25, 0.3) is 0 Å². The zero-order chi connectivity index (χ0) is 13.0. The molecule has 0 spiro atoms. The first-order valence-electron chi connectivity index (χ1n) is 5.56. The van der Waals surface area contributed by atoms with Crippen LogP contribution < -0.4 is 16.0 Å². The third kappa shape index (κ3) is 2.93. The van der Waals surface area contributed by atoms with E-state index in [1.54, 1.807) is 13.4 Å². The Kier molecular flexibility index (Phi) is 4.41. The molecule has 0 amide bonds. The molecule has 1 aromatic carbocycles. The van der Waals surface area contributed by atoms with E-state index < -0.39 is 0 Å². The summed E-state index contributed by atoms with van der Waals surface area (Å²) in [4.78, 5) is 0. The Morgan fingerprint density at radius 1 is 1.33 bits per heavy atom.